The Morgan fingerprint density at radius 2 is 2.08 bits per heavy atom. The van der Waals surface area contributed by atoms with Crippen molar-refractivity contribution in [3.05, 3.63) is 41.5 Å². The van der Waals surface area contributed by atoms with Crippen molar-refractivity contribution in [1.82, 2.24) is 10.6 Å². The van der Waals surface area contributed by atoms with E-state index >= 15 is 0 Å². The van der Waals surface area contributed by atoms with Crippen molar-refractivity contribution in [2.24, 2.45) is 0 Å². The molecule has 0 radical (unpaired) electrons. The van der Waals surface area contributed by atoms with Gasteiger partial charge in [0.1, 0.15) is 5.75 Å². The van der Waals surface area contributed by atoms with Gasteiger partial charge in [-0.1, -0.05) is 23.8 Å². The average Bonchev–Trinajstić information content (AvgIpc) is 2.55. The number of ether oxygens (including phenoxy) is 1. The van der Waals surface area contributed by atoms with Gasteiger partial charge in [0, 0.05) is 6.54 Å². The minimum Gasteiger partial charge on any atom is -0.490 e. The first-order chi connectivity index (χ1) is 11.6. The standard InChI is InChI=1S/C19H26N2O2S/c1-14(2)23-17-11-7-6-10-16(17)18(22)21-19(24)20-13-12-15-8-4-3-5-9-15/h6-8,10-11,14H,3-5,9,12-13H2,1-2H3,(H2,20,21,22,24). The van der Waals surface area contributed by atoms with Crippen molar-refractivity contribution in [2.75, 3.05) is 6.54 Å². The summed E-state index contributed by atoms with van der Waals surface area (Å²) in [6, 6.07) is 7.19. The molecular weight excluding hydrogens is 320 g/mol. The van der Waals surface area contributed by atoms with Crippen molar-refractivity contribution in [2.45, 2.75) is 52.1 Å². The highest BCUT2D eigenvalue weighted by atomic mass is 32.1. The van der Waals surface area contributed by atoms with Crippen LogP contribution in [0.1, 0.15) is 56.3 Å². The zero-order valence-corrected chi connectivity index (χ0v) is 15.2. The van der Waals surface area contributed by atoms with Gasteiger partial charge >= 0.3 is 0 Å². The maximum atomic E-state index is 12.4. The molecule has 0 atom stereocenters. The van der Waals surface area contributed by atoms with Crippen LogP contribution in [0.3, 0.4) is 0 Å². The number of hydrogen-bond donors (Lipinski definition) is 2. The zero-order valence-electron chi connectivity index (χ0n) is 14.4. The Labute approximate surface area is 149 Å². The van der Waals surface area contributed by atoms with Crippen LogP contribution in [0.25, 0.3) is 0 Å². The lowest BCUT2D eigenvalue weighted by Crippen LogP contribution is -2.39. The normalized spacial score (nSPS) is 14.0. The van der Waals surface area contributed by atoms with Crippen LogP contribution < -0.4 is 15.4 Å². The molecule has 0 bridgehead atoms. The van der Waals surface area contributed by atoms with Crippen LogP contribution in [0, 0.1) is 0 Å². The number of carbonyl (C=O) groups is 1. The zero-order chi connectivity index (χ0) is 17.4. The Balaban J connectivity index is 1.83. The lowest BCUT2D eigenvalue weighted by atomic mass is 9.97. The number of thiocarbonyl (C=S) groups is 1. The lowest BCUT2D eigenvalue weighted by Gasteiger charge is -2.16. The number of amides is 1. The first kappa shape index (κ1) is 18.5. The lowest BCUT2D eigenvalue weighted by molar-refractivity contribution is 0.0971. The van der Waals surface area contributed by atoms with Crippen LogP contribution in [0.5, 0.6) is 5.75 Å². The van der Waals surface area contributed by atoms with Gasteiger partial charge in [0.2, 0.25) is 0 Å². The highest BCUT2D eigenvalue weighted by Crippen LogP contribution is 2.20. The second-order valence-electron chi connectivity index (χ2n) is 6.23. The van der Waals surface area contributed by atoms with E-state index in [0.29, 0.717) is 16.4 Å². The van der Waals surface area contributed by atoms with Crippen LogP contribution in [0.4, 0.5) is 0 Å². The molecule has 0 spiro atoms. The smallest absolute Gasteiger partial charge is 0.261 e. The maximum absolute atomic E-state index is 12.4. The molecule has 1 amide bonds. The van der Waals surface area contributed by atoms with Gasteiger partial charge in [-0.3, -0.25) is 10.1 Å². The van der Waals surface area contributed by atoms with Crippen LogP contribution in [0.15, 0.2) is 35.9 Å². The van der Waals surface area contributed by atoms with Gasteiger partial charge in [0.05, 0.1) is 11.7 Å². The SMILES string of the molecule is CC(C)Oc1ccccc1C(=O)NC(=S)NCCC1=CCCCC1. The quantitative estimate of drug-likeness (QED) is 0.604. The molecule has 0 aliphatic heterocycles. The van der Waals surface area contributed by atoms with Crippen LogP contribution in [-0.4, -0.2) is 23.7 Å². The van der Waals surface area contributed by atoms with Crippen molar-refractivity contribution in [3.63, 3.8) is 0 Å². The first-order valence-electron chi connectivity index (χ1n) is 8.59. The van der Waals surface area contributed by atoms with Crippen molar-refractivity contribution >= 4 is 23.2 Å². The Morgan fingerprint density at radius 3 is 2.79 bits per heavy atom. The summed E-state index contributed by atoms with van der Waals surface area (Å²) < 4.78 is 5.68. The average molecular weight is 346 g/mol. The number of rotatable bonds is 6. The molecule has 1 aliphatic rings. The third-order valence-corrected chi connectivity index (χ3v) is 4.08. The van der Waals surface area contributed by atoms with Crippen LogP contribution >= 0.6 is 12.2 Å². The molecule has 2 N–H and O–H groups in total. The van der Waals surface area contributed by atoms with E-state index in [4.69, 9.17) is 17.0 Å². The van der Waals surface area contributed by atoms with Gasteiger partial charge in [-0.15, -0.1) is 0 Å². The molecule has 0 unspecified atom stereocenters. The van der Waals surface area contributed by atoms with Crippen molar-refractivity contribution in [1.29, 1.82) is 0 Å². The molecule has 24 heavy (non-hydrogen) atoms. The first-order valence-corrected chi connectivity index (χ1v) is 9.00. The summed E-state index contributed by atoms with van der Waals surface area (Å²) in [4.78, 5) is 12.4. The maximum Gasteiger partial charge on any atom is 0.261 e. The summed E-state index contributed by atoms with van der Waals surface area (Å²) in [5.74, 6) is 0.320. The van der Waals surface area contributed by atoms with E-state index in [2.05, 4.69) is 16.7 Å². The molecule has 0 saturated carbocycles. The minimum atomic E-state index is -0.249. The Kier molecular flexibility index (Phi) is 7.25. The molecule has 1 aromatic carbocycles. The van der Waals surface area contributed by atoms with Crippen molar-refractivity contribution in [3.8, 4) is 5.75 Å². The number of allylic oxidation sites excluding steroid dienone is 1. The van der Waals surface area contributed by atoms with E-state index < -0.39 is 0 Å². The van der Waals surface area contributed by atoms with Crippen LogP contribution in [-0.2, 0) is 0 Å². The Morgan fingerprint density at radius 1 is 1.29 bits per heavy atom. The molecule has 130 valence electrons. The summed E-state index contributed by atoms with van der Waals surface area (Å²) in [5, 5.41) is 6.20. The topological polar surface area (TPSA) is 50.4 Å². The summed E-state index contributed by atoms with van der Waals surface area (Å²) in [7, 11) is 0. The molecule has 0 fully saturated rings. The van der Waals surface area contributed by atoms with Gasteiger partial charge in [0.15, 0.2) is 5.11 Å². The number of carbonyl (C=O) groups excluding carboxylic acids is 1. The predicted molar refractivity (Wildman–Crippen MR) is 101 cm³/mol. The van der Waals surface area contributed by atoms with Crippen LogP contribution in [0.2, 0.25) is 0 Å². The highest BCUT2D eigenvalue weighted by molar-refractivity contribution is 7.80. The highest BCUT2D eigenvalue weighted by Gasteiger charge is 2.14. The minimum absolute atomic E-state index is 0.00722. The molecule has 1 aromatic rings. The summed E-state index contributed by atoms with van der Waals surface area (Å²) >= 11 is 5.22. The molecule has 0 saturated heterocycles. The second kappa shape index (κ2) is 9.42. The third kappa shape index (κ3) is 5.96. The predicted octanol–water partition coefficient (Wildman–Crippen LogP) is 3.97. The van der Waals surface area contributed by atoms with E-state index in [-0.39, 0.29) is 12.0 Å². The number of para-hydroxylation sites is 1. The Hall–Kier alpha value is -1.88. The molecular formula is C19H26N2O2S. The number of benzene rings is 1. The summed E-state index contributed by atoms with van der Waals surface area (Å²) in [5.41, 5.74) is 1.98. The van der Waals surface area contributed by atoms with Gasteiger partial charge < -0.3 is 10.1 Å². The van der Waals surface area contributed by atoms with E-state index in [9.17, 15) is 4.79 Å². The fourth-order valence-corrected chi connectivity index (χ4v) is 2.89. The second-order valence-corrected chi connectivity index (χ2v) is 6.64. The monoisotopic (exact) mass is 346 g/mol. The van der Waals surface area contributed by atoms with Gasteiger partial charge in [-0.25, -0.2) is 0 Å². The fraction of sp³-hybridized carbons (Fsp3) is 0.474. The molecule has 0 aromatic heterocycles. The van der Waals surface area contributed by atoms with E-state index in [1.54, 1.807) is 12.1 Å². The number of hydrogen-bond acceptors (Lipinski definition) is 3. The molecule has 1 aliphatic carbocycles. The number of nitrogens with one attached hydrogen (secondary N) is 2. The van der Waals surface area contributed by atoms with E-state index in [1.807, 2.05) is 26.0 Å². The van der Waals surface area contributed by atoms with Gasteiger partial charge in [0.25, 0.3) is 5.91 Å². The molecule has 4 nitrogen and oxygen atoms in total. The molecule has 2 rings (SSSR count). The third-order valence-electron chi connectivity index (χ3n) is 3.84. The summed E-state index contributed by atoms with van der Waals surface area (Å²) in [6.45, 7) is 4.61. The molecule has 5 heteroatoms. The van der Waals surface area contributed by atoms with Gasteiger partial charge in [-0.2, -0.15) is 0 Å². The Bertz CT molecular complexity index is 611. The van der Waals surface area contributed by atoms with E-state index in [0.717, 1.165) is 13.0 Å². The van der Waals surface area contributed by atoms with E-state index in [1.165, 1.54) is 31.3 Å². The fourth-order valence-electron chi connectivity index (χ4n) is 2.69. The largest absolute Gasteiger partial charge is 0.490 e. The summed E-state index contributed by atoms with van der Waals surface area (Å²) in [6.07, 6.45) is 8.25. The molecule has 0 heterocycles. The van der Waals surface area contributed by atoms with Crippen molar-refractivity contribution < 1.29 is 9.53 Å². The van der Waals surface area contributed by atoms with Gasteiger partial charge in [-0.05, 0) is 70.3 Å².